The average Bonchev–Trinajstić information content (AvgIpc) is 3.21. The number of benzene rings is 1. The van der Waals surface area contributed by atoms with Crippen LogP contribution in [0.3, 0.4) is 0 Å². The Labute approximate surface area is 163 Å². The fraction of sp³-hybridized carbons (Fsp3) is 0.500. The number of aromatic nitrogens is 3. The summed E-state index contributed by atoms with van der Waals surface area (Å²) >= 11 is 7.80. The maximum atomic E-state index is 12.2. The highest BCUT2D eigenvalue weighted by molar-refractivity contribution is 7.99. The van der Waals surface area contributed by atoms with E-state index in [1.165, 1.54) is 11.8 Å². The van der Waals surface area contributed by atoms with Crippen LogP contribution < -0.4 is 10.2 Å². The van der Waals surface area contributed by atoms with E-state index in [2.05, 4.69) is 20.4 Å². The number of carbonyl (C=O) groups is 1. The predicted octanol–water partition coefficient (Wildman–Crippen LogP) is 3.53. The molecule has 2 heterocycles. The highest BCUT2D eigenvalue weighted by Gasteiger charge is 2.24. The lowest BCUT2D eigenvalue weighted by Crippen LogP contribution is -2.41. The predicted molar refractivity (Wildman–Crippen MR) is 106 cm³/mol. The highest BCUT2D eigenvalue weighted by Crippen LogP contribution is 2.31. The van der Waals surface area contributed by atoms with Crippen molar-refractivity contribution >= 4 is 35.2 Å². The highest BCUT2D eigenvalue weighted by atomic mass is 35.5. The van der Waals surface area contributed by atoms with Gasteiger partial charge in [-0.1, -0.05) is 35.5 Å². The van der Waals surface area contributed by atoms with Gasteiger partial charge in [-0.2, -0.15) is 0 Å². The van der Waals surface area contributed by atoms with Crippen molar-refractivity contribution in [3.8, 4) is 5.69 Å². The minimum atomic E-state index is -0.255. The topological polar surface area (TPSA) is 63.1 Å². The van der Waals surface area contributed by atoms with E-state index in [1.807, 2.05) is 49.6 Å². The lowest BCUT2D eigenvalue weighted by molar-refractivity contribution is -0.119. The number of nitrogens with zero attached hydrogens (tertiary/aromatic N) is 4. The Bertz CT molecular complexity index is 780. The zero-order chi connectivity index (χ0) is 18.7. The van der Waals surface area contributed by atoms with Crippen molar-refractivity contribution in [2.45, 2.75) is 44.3 Å². The van der Waals surface area contributed by atoms with E-state index in [1.54, 1.807) is 0 Å². The third kappa shape index (κ3) is 4.51. The van der Waals surface area contributed by atoms with Crippen molar-refractivity contribution in [1.82, 2.24) is 20.1 Å². The molecule has 1 aromatic heterocycles. The number of carbonyl (C=O) groups excluding carboxylic acids is 1. The van der Waals surface area contributed by atoms with Gasteiger partial charge in [0.05, 0.1) is 16.5 Å². The summed E-state index contributed by atoms with van der Waals surface area (Å²) in [6, 6.07) is 7.64. The number of rotatable bonds is 5. The minimum Gasteiger partial charge on any atom is -0.351 e. The molecule has 1 amide bonds. The van der Waals surface area contributed by atoms with E-state index in [4.69, 9.17) is 11.6 Å². The van der Waals surface area contributed by atoms with Gasteiger partial charge in [0.2, 0.25) is 11.9 Å². The summed E-state index contributed by atoms with van der Waals surface area (Å²) in [4.78, 5) is 14.4. The molecule has 3 rings (SSSR count). The van der Waals surface area contributed by atoms with Crippen molar-refractivity contribution in [3.63, 3.8) is 0 Å². The maximum absolute atomic E-state index is 12.2. The number of hydrogen-bond acceptors (Lipinski definition) is 5. The third-order valence-electron chi connectivity index (χ3n) is 3.95. The summed E-state index contributed by atoms with van der Waals surface area (Å²) in [7, 11) is 0. The van der Waals surface area contributed by atoms with Gasteiger partial charge in [0, 0.05) is 18.6 Å². The Hall–Kier alpha value is -1.73. The molecule has 1 aliphatic rings. The fourth-order valence-corrected chi connectivity index (χ4v) is 3.87. The Kier molecular flexibility index (Phi) is 5.77. The van der Waals surface area contributed by atoms with Crippen molar-refractivity contribution < 1.29 is 4.79 Å². The maximum Gasteiger partial charge on any atom is 0.232 e. The molecule has 0 unspecified atom stereocenters. The van der Waals surface area contributed by atoms with Gasteiger partial charge >= 0.3 is 0 Å². The van der Waals surface area contributed by atoms with Crippen LogP contribution >= 0.6 is 23.4 Å². The monoisotopic (exact) mass is 393 g/mol. The molecule has 0 spiro atoms. The first kappa shape index (κ1) is 19.0. The molecule has 0 aliphatic carbocycles. The average molecular weight is 394 g/mol. The van der Waals surface area contributed by atoms with Crippen LogP contribution in [0.25, 0.3) is 5.69 Å². The van der Waals surface area contributed by atoms with Crippen LogP contribution in [0, 0.1) is 0 Å². The molecule has 1 saturated heterocycles. The molecule has 140 valence electrons. The quantitative estimate of drug-likeness (QED) is 0.787. The second-order valence-electron chi connectivity index (χ2n) is 7.35. The Morgan fingerprint density at radius 2 is 1.92 bits per heavy atom. The summed E-state index contributed by atoms with van der Waals surface area (Å²) in [5.41, 5.74) is 0.578. The Morgan fingerprint density at radius 3 is 2.58 bits per heavy atom. The Balaban J connectivity index is 1.88. The summed E-state index contributed by atoms with van der Waals surface area (Å²) < 4.78 is 1.96. The van der Waals surface area contributed by atoms with Crippen LogP contribution in [0.15, 0.2) is 29.4 Å². The molecule has 0 bridgehead atoms. The third-order valence-corrected chi connectivity index (χ3v) is 5.19. The van der Waals surface area contributed by atoms with Crippen LogP contribution in [-0.2, 0) is 4.79 Å². The van der Waals surface area contributed by atoms with Gasteiger partial charge < -0.3 is 10.2 Å². The molecule has 8 heteroatoms. The van der Waals surface area contributed by atoms with E-state index in [-0.39, 0.29) is 17.2 Å². The smallest absolute Gasteiger partial charge is 0.232 e. The zero-order valence-electron chi connectivity index (χ0n) is 15.3. The molecule has 1 aliphatic heterocycles. The zero-order valence-corrected chi connectivity index (χ0v) is 16.9. The summed E-state index contributed by atoms with van der Waals surface area (Å²) in [6.45, 7) is 7.81. The summed E-state index contributed by atoms with van der Waals surface area (Å²) in [5, 5.41) is 13.0. The van der Waals surface area contributed by atoms with E-state index in [0.717, 1.165) is 37.6 Å². The van der Waals surface area contributed by atoms with Crippen LogP contribution in [0.2, 0.25) is 5.02 Å². The number of nitrogens with one attached hydrogen (secondary N) is 1. The number of anilines is 1. The van der Waals surface area contributed by atoms with Crippen molar-refractivity contribution in [2.24, 2.45) is 0 Å². The number of halogens is 1. The molecular weight excluding hydrogens is 370 g/mol. The van der Waals surface area contributed by atoms with Gasteiger partial charge in [-0.05, 0) is 45.7 Å². The lowest BCUT2D eigenvalue weighted by Gasteiger charge is -2.21. The van der Waals surface area contributed by atoms with E-state index in [0.29, 0.717) is 10.2 Å². The van der Waals surface area contributed by atoms with Gasteiger partial charge in [-0.25, -0.2) is 0 Å². The molecule has 1 aromatic carbocycles. The van der Waals surface area contributed by atoms with E-state index < -0.39 is 0 Å². The van der Waals surface area contributed by atoms with Crippen LogP contribution in [0.5, 0.6) is 0 Å². The first-order valence-corrected chi connectivity index (χ1v) is 10.1. The molecule has 2 aromatic rings. The molecule has 6 nitrogen and oxygen atoms in total. The van der Waals surface area contributed by atoms with Gasteiger partial charge in [0.15, 0.2) is 5.16 Å². The first-order valence-electron chi connectivity index (χ1n) is 8.74. The van der Waals surface area contributed by atoms with Gasteiger partial charge in [-0.3, -0.25) is 9.36 Å². The molecule has 1 fully saturated rings. The van der Waals surface area contributed by atoms with Gasteiger partial charge in [0.1, 0.15) is 0 Å². The molecule has 0 saturated carbocycles. The van der Waals surface area contributed by atoms with Gasteiger partial charge in [-0.15, -0.1) is 10.2 Å². The van der Waals surface area contributed by atoms with E-state index in [9.17, 15) is 4.79 Å². The molecule has 0 radical (unpaired) electrons. The largest absolute Gasteiger partial charge is 0.351 e. The molecule has 0 atom stereocenters. The van der Waals surface area contributed by atoms with Gasteiger partial charge in [0.25, 0.3) is 0 Å². The standard InChI is InChI=1S/C18H24ClN5OS/c1-18(2,3)20-15(25)12-26-17-22-21-16(23-10-6-7-11-23)24(17)14-9-5-4-8-13(14)19/h4-5,8-9H,6-7,10-12H2,1-3H3,(H,20,25). The number of para-hydroxylation sites is 1. The number of amides is 1. The Morgan fingerprint density at radius 1 is 1.23 bits per heavy atom. The second-order valence-corrected chi connectivity index (χ2v) is 8.70. The molecule has 26 heavy (non-hydrogen) atoms. The van der Waals surface area contributed by atoms with Crippen LogP contribution in [-0.4, -0.2) is 45.1 Å². The normalized spacial score (nSPS) is 14.7. The summed E-state index contributed by atoms with van der Waals surface area (Å²) in [5.74, 6) is 1.04. The number of hydrogen-bond donors (Lipinski definition) is 1. The number of thioether (sulfide) groups is 1. The lowest BCUT2D eigenvalue weighted by atomic mass is 10.1. The van der Waals surface area contributed by atoms with Crippen molar-refractivity contribution in [2.75, 3.05) is 23.7 Å². The van der Waals surface area contributed by atoms with Crippen molar-refractivity contribution in [3.05, 3.63) is 29.3 Å². The summed E-state index contributed by atoms with van der Waals surface area (Å²) in [6.07, 6.45) is 2.29. The van der Waals surface area contributed by atoms with Crippen LogP contribution in [0.1, 0.15) is 33.6 Å². The molecule has 1 N–H and O–H groups in total. The minimum absolute atomic E-state index is 0.0288. The molecular formula is C18H24ClN5OS. The van der Waals surface area contributed by atoms with E-state index >= 15 is 0 Å². The van der Waals surface area contributed by atoms with Crippen LogP contribution in [0.4, 0.5) is 5.95 Å². The second kappa shape index (κ2) is 7.88. The first-order chi connectivity index (χ1) is 12.3. The fourth-order valence-electron chi connectivity index (χ4n) is 2.91. The van der Waals surface area contributed by atoms with Crippen molar-refractivity contribution in [1.29, 1.82) is 0 Å². The SMILES string of the molecule is CC(C)(C)NC(=O)CSc1nnc(N2CCCC2)n1-c1ccccc1Cl.